The van der Waals surface area contributed by atoms with Gasteiger partial charge in [-0.1, -0.05) is 36.4 Å². The summed E-state index contributed by atoms with van der Waals surface area (Å²) in [7, 11) is 0. The predicted molar refractivity (Wildman–Crippen MR) is 107 cm³/mol. The maximum atomic E-state index is 12.4. The molecule has 0 bridgehead atoms. The Kier molecular flexibility index (Phi) is 7.67. The Morgan fingerprint density at radius 2 is 1.69 bits per heavy atom. The minimum absolute atomic E-state index is 0.0670. The van der Waals surface area contributed by atoms with Crippen LogP contribution in [-0.2, 0) is 6.61 Å². The minimum atomic E-state index is -0.0670. The largest absolute Gasteiger partial charge is 0.489 e. The Labute approximate surface area is 157 Å². The van der Waals surface area contributed by atoms with Crippen LogP contribution in [0, 0.1) is 0 Å². The molecular weight excluding hydrogens is 324 g/mol. The first-order valence-corrected chi connectivity index (χ1v) is 9.28. The van der Waals surface area contributed by atoms with Gasteiger partial charge in [-0.2, -0.15) is 0 Å². The minimum Gasteiger partial charge on any atom is -0.489 e. The highest BCUT2D eigenvalue weighted by molar-refractivity contribution is 5.94. The monoisotopic (exact) mass is 354 g/mol. The molecule has 1 N–H and O–H groups in total. The molecule has 4 nitrogen and oxygen atoms in total. The molecule has 0 aliphatic rings. The van der Waals surface area contributed by atoms with E-state index in [2.05, 4.69) is 37.9 Å². The van der Waals surface area contributed by atoms with Crippen molar-refractivity contribution in [3.8, 4) is 5.75 Å². The Morgan fingerprint density at radius 1 is 1.00 bits per heavy atom. The van der Waals surface area contributed by atoms with Gasteiger partial charge >= 0.3 is 0 Å². The Balaban J connectivity index is 1.87. The molecule has 0 aromatic heterocycles. The van der Waals surface area contributed by atoms with Gasteiger partial charge in [0.15, 0.2) is 0 Å². The Bertz CT molecular complexity index is 676. The van der Waals surface area contributed by atoms with Crippen molar-refractivity contribution in [2.75, 3.05) is 13.1 Å². The maximum Gasteiger partial charge on any atom is 0.251 e. The lowest BCUT2D eigenvalue weighted by Crippen LogP contribution is -2.42. The van der Waals surface area contributed by atoms with Crippen molar-refractivity contribution in [3.05, 3.63) is 65.7 Å². The van der Waals surface area contributed by atoms with E-state index in [0.717, 1.165) is 12.1 Å². The lowest BCUT2D eigenvalue weighted by molar-refractivity contribution is 0.0939. The number of benzene rings is 2. The molecule has 0 aliphatic heterocycles. The lowest BCUT2D eigenvalue weighted by atomic mass is 10.2. The van der Waals surface area contributed by atoms with Gasteiger partial charge in [-0.3, -0.25) is 9.69 Å². The molecule has 140 valence electrons. The van der Waals surface area contributed by atoms with E-state index in [9.17, 15) is 4.79 Å². The van der Waals surface area contributed by atoms with Crippen molar-refractivity contribution in [1.29, 1.82) is 0 Å². The number of carbonyl (C=O) groups excluding carboxylic acids is 1. The van der Waals surface area contributed by atoms with Crippen molar-refractivity contribution >= 4 is 5.91 Å². The van der Waals surface area contributed by atoms with Gasteiger partial charge in [0.25, 0.3) is 5.91 Å². The molecular formula is C22H30N2O2. The molecule has 0 fully saturated rings. The lowest BCUT2D eigenvalue weighted by Gasteiger charge is -2.30. The van der Waals surface area contributed by atoms with Crippen LogP contribution in [0.2, 0.25) is 0 Å². The first kappa shape index (κ1) is 20.0. The van der Waals surface area contributed by atoms with Crippen LogP contribution in [0.1, 0.15) is 43.6 Å². The summed E-state index contributed by atoms with van der Waals surface area (Å²) in [6.45, 7) is 10.7. The Hall–Kier alpha value is -2.33. The quantitative estimate of drug-likeness (QED) is 0.737. The number of nitrogens with zero attached hydrogens (tertiary/aromatic N) is 1. The van der Waals surface area contributed by atoms with Crippen LogP contribution in [0.4, 0.5) is 0 Å². The van der Waals surface area contributed by atoms with E-state index in [0.29, 0.717) is 36.5 Å². The van der Waals surface area contributed by atoms with E-state index in [1.54, 1.807) is 6.07 Å². The summed E-state index contributed by atoms with van der Waals surface area (Å²) < 4.78 is 5.80. The number of amides is 1. The molecule has 4 heteroatoms. The van der Waals surface area contributed by atoms with Crippen molar-refractivity contribution in [3.63, 3.8) is 0 Å². The SMILES string of the molecule is CC(C)N(CCNC(=O)c1cccc(OCc2ccccc2)c1)C(C)C. The molecule has 0 saturated heterocycles. The second-order valence-electron chi connectivity index (χ2n) is 6.98. The normalized spacial score (nSPS) is 11.2. The molecule has 2 rings (SSSR count). The zero-order valence-electron chi connectivity index (χ0n) is 16.2. The zero-order valence-corrected chi connectivity index (χ0v) is 16.2. The van der Waals surface area contributed by atoms with E-state index in [-0.39, 0.29) is 5.91 Å². The van der Waals surface area contributed by atoms with Crippen molar-refractivity contribution < 1.29 is 9.53 Å². The van der Waals surface area contributed by atoms with Gasteiger partial charge in [-0.15, -0.1) is 0 Å². The fourth-order valence-corrected chi connectivity index (χ4v) is 2.98. The summed E-state index contributed by atoms with van der Waals surface area (Å²) in [4.78, 5) is 14.8. The average molecular weight is 354 g/mol. The highest BCUT2D eigenvalue weighted by Gasteiger charge is 2.13. The van der Waals surface area contributed by atoms with E-state index >= 15 is 0 Å². The first-order valence-electron chi connectivity index (χ1n) is 9.28. The summed E-state index contributed by atoms with van der Waals surface area (Å²) in [5, 5.41) is 3.00. The third kappa shape index (κ3) is 6.19. The molecule has 2 aromatic carbocycles. The molecule has 0 heterocycles. The van der Waals surface area contributed by atoms with Crippen LogP contribution in [-0.4, -0.2) is 36.0 Å². The summed E-state index contributed by atoms with van der Waals surface area (Å²) in [5.74, 6) is 0.634. The molecule has 2 aromatic rings. The van der Waals surface area contributed by atoms with Crippen LogP contribution >= 0.6 is 0 Å². The molecule has 0 atom stereocenters. The number of rotatable bonds is 9. The third-order valence-electron chi connectivity index (χ3n) is 4.33. The van der Waals surface area contributed by atoms with E-state index in [1.807, 2.05) is 48.5 Å². The van der Waals surface area contributed by atoms with Gasteiger partial charge in [-0.25, -0.2) is 0 Å². The van der Waals surface area contributed by atoms with E-state index < -0.39 is 0 Å². The number of hydrogen-bond acceptors (Lipinski definition) is 3. The number of nitrogens with one attached hydrogen (secondary N) is 1. The zero-order chi connectivity index (χ0) is 18.9. The molecule has 0 aliphatic carbocycles. The van der Waals surface area contributed by atoms with Crippen LogP contribution in [0.25, 0.3) is 0 Å². The predicted octanol–water partition coefficient (Wildman–Crippen LogP) is 4.11. The molecule has 0 saturated carbocycles. The first-order chi connectivity index (χ1) is 12.5. The fourth-order valence-electron chi connectivity index (χ4n) is 2.98. The fraction of sp³-hybridized carbons (Fsp3) is 0.409. The summed E-state index contributed by atoms with van der Waals surface area (Å²) in [5.41, 5.74) is 1.72. The van der Waals surface area contributed by atoms with Crippen LogP contribution in [0.15, 0.2) is 54.6 Å². The molecule has 1 amide bonds. The maximum absolute atomic E-state index is 12.4. The smallest absolute Gasteiger partial charge is 0.251 e. The number of ether oxygens (including phenoxy) is 1. The van der Waals surface area contributed by atoms with Gasteiger partial charge in [-0.05, 0) is 51.5 Å². The van der Waals surface area contributed by atoms with Crippen LogP contribution in [0.3, 0.4) is 0 Å². The number of hydrogen-bond donors (Lipinski definition) is 1. The molecule has 0 unspecified atom stereocenters. The average Bonchev–Trinajstić information content (AvgIpc) is 2.64. The van der Waals surface area contributed by atoms with E-state index in [4.69, 9.17) is 4.74 Å². The van der Waals surface area contributed by atoms with Gasteiger partial charge in [0.05, 0.1) is 0 Å². The highest BCUT2D eigenvalue weighted by atomic mass is 16.5. The van der Waals surface area contributed by atoms with Crippen molar-refractivity contribution in [1.82, 2.24) is 10.2 Å². The summed E-state index contributed by atoms with van der Waals surface area (Å²) in [6, 6.07) is 18.2. The van der Waals surface area contributed by atoms with Crippen molar-refractivity contribution in [2.45, 2.75) is 46.4 Å². The van der Waals surface area contributed by atoms with Crippen LogP contribution in [0.5, 0.6) is 5.75 Å². The molecule has 26 heavy (non-hydrogen) atoms. The highest BCUT2D eigenvalue weighted by Crippen LogP contribution is 2.15. The van der Waals surface area contributed by atoms with Crippen molar-refractivity contribution in [2.24, 2.45) is 0 Å². The number of carbonyl (C=O) groups is 1. The third-order valence-corrected chi connectivity index (χ3v) is 4.33. The van der Waals surface area contributed by atoms with Crippen LogP contribution < -0.4 is 10.1 Å². The second kappa shape index (κ2) is 9.97. The Morgan fingerprint density at radius 3 is 2.35 bits per heavy atom. The van der Waals surface area contributed by atoms with Gasteiger partial charge in [0, 0.05) is 30.7 Å². The standard InChI is InChI=1S/C22H30N2O2/c1-17(2)24(18(3)4)14-13-23-22(25)20-11-8-12-21(15-20)26-16-19-9-6-5-7-10-19/h5-12,15,17-18H,13-14,16H2,1-4H3,(H,23,25). The summed E-state index contributed by atoms with van der Waals surface area (Å²) >= 11 is 0. The van der Waals surface area contributed by atoms with E-state index in [1.165, 1.54) is 0 Å². The topological polar surface area (TPSA) is 41.6 Å². The van der Waals surface area contributed by atoms with Gasteiger partial charge in [0.2, 0.25) is 0 Å². The van der Waals surface area contributed by atoms with Gasteiger partial charge < -0.3 is 10.1 Å². The van der Waals surface area contributed by atoms with Gasteiger partial charge in [0.1, 0.15) is 12.4 Å². The molecule has 0 radical (unpaired) electrons. The summed E-state index contributed by atoms with van der Waals surface area (Å²) in [6.07, 6.45) is 0. The molecule has 0 spiro atoms. The second-order valence-corrected chi connectivity index (χ2v) is 6.98.